The molecule has 2 aliphatic carbocycles. The van der Waals surface area contributed by atoms with E-state index < -0.39 is 5.60 Å². The lowest BCUT2D eigenvalue weighted by atomic mass is 9.70. The van der Waals surface area contributed by atoms with Gasteiger partial charge in [-0.15, -0.1) is 0 Å². The number of hydrogen-bond donors (Lipinski definition) is 1. The SMILES string of the molecule is COc1ccc(C2CCC(C3C=CC(C)(O)CC3)CC2)cc1. The van der Waals surface area contributed by atoms with Crippen LogP contribution in [0, 0.1) is 11.8 Å². The fraction of sp³-hybridized carbons (Fsp3) is 0.600. The van der Waals surface area contributed by atoms with Gasteiger partial charge in [-0.3, -0.25) is 0 Å². The molecular formula is C20H28O2. The van der Waals surface area contributed by atoms with Gasteiger partial charge in [0.15, 0.2) is 0 Å². The van der Waals surface area contributed by atoms with Crippen LogP contribution in [0.25, 0.3) is 0 Å². The van der Waals surface area contributed by atoms with Crippen molar-refractivity contribution in [2.75, 3.05) is 7.11 Å². The lowest BCUT2D eigenvalue weighted by molar-refractivity contribution is 0.0796. The monoisotopic (exact) mass is 300 g/mol. The second-order valence-corrected chi connectivity index (χ2v) is 7.30. The summed E-state index contributed by atoms with van der Waals surface area (Å²) in [6.45, 7) is 1.92. The standard InChI is InChI=1S/C20H28O2/c1-20(21)13-11-18(12-14-20)16-5-3-15(4-6-16)17-7-9-19(22-2)10-8-17/h7-11,13,15-16,18,21H,3-6,12,14H2,1-2H3. The third-order valence-corrected chi connectivity index (χ3v) is 5.65. The summed E-state index contributed by atoms with van der Waals surface area (Å²) >= 11 is 0. The molecular weight excluding hydrogens is 272 g/mol. The highest BCUT2D eigenvalue weighted by atomic mass is 16.5. The first-order valence-corrected chi connectivity index (χ1v) is 8.63. The third-order valence-electron chi connectivity index (χ3n) is 5.65. The van der Waals surface area contributed by atoms with Crippen LogP contribution in [0.3, 0.4) is 0 Å². The molecule has 2 unspecified atom stereocenters. The lowest BCUT2D eigenvalue weighted by Crippen LogP contribution is -2.29. The van der Waals surface area contributed by atoms with Crippen molar-refractivity contribution in [2.24, 2.45) is 11.8 Å². The number of benzene rings is 1. The molecule has 2 aliphatic rings. The zero-order chi connectivity index (χ0) is 15.6. The van der Waals surface area contributed by atoms with Crippen molar-refractivity contribution in [2.45, 2.75) is 57.0 Å². The van der Waals surface area contributed by atoms with Crippen LogP contribution in [0.2, 0.25) is 0 Å². The molecule has 1 aromatic rings. The van der Waals surface area contributed by atoms with Crippen molar-refractivity contribution < 1.29 is 9.84 Å². The quantitative estimate of drug-likeness (QED) is 0.821. The minimum Gasteiger partial charge on any atom is -0.497 e. The number of allylic oxidation sites excluding steroid dienone is 1. The van der Waals surface area contributed by atoms with Crippen LogP contribution >= 0.6 is 0 Å². The Bertz CT molecular complexity index is 507. The van der Waals surface area contributed by atoms with Gasteiger partial charge in [0.25, 0.3) is 0 Å². The molecule has 0 aliphatic heterocycles. The molecule has 2 heteroatoms. The van der Waals surface area contributed by atoms with Crippen LogP contribution in [-0.4, -0.2) is 17.8 Å². The van der Waals surface area contributed by atoms with Gasteiger partial charge in [-0.25, -0.2) is 0 Å². The molecule has 0 radical (unpaired) electrons. The molecule has 1 saturated carbocycles. The first kappa shape index (κ1) is 15.6. The second kappa shape index (κ2) is 6.45. The predicted octanol–water partition coefficient (Wildman–Crippen LogP) is 4.69. The summed E-state index contributed by atoms with van der Waals surface area (Å²) in [6.07, 6.45) is 11.6. The van der Waals surface area contributed by atoms with Gasteiger partial charge in [0, 0.05) is 0 Å². The fourth-order valence-corrected chi connectivity index (χ4v) is 4.12. The molecule has 0 saturated heterocycles. The Labute approximate surface area is 134 Å². The van der Waals surface area contributed by atoms with Crippen molar-refractivity contribution in [3.8, 4) is 5.75 Å². The molecule has 0 spiro atoms. The van der Waals surface area contributed by atoms with Gasteiger partial charge in [-0.05, 0) is 80.9 Å². The van der Waals surface area contributed by atoms with E-state index in [0.717, 1.165) is 24.5 Å². The Hall–Kier alpha value is -1.28. The van der Waals surface area contributed by atoms with Gasteiger partial charge in [0.1, 0.15) is 5.75 Å². The maximum absolute atomic E-state index is 10.0. The largest absolute Gasteiger partial charge is 0.497 e. The molecule has 22 heavy (non-hydrogen) atoms. The second-order valence-electron chi connectivity index (χ2n) is 7.30. The van der Waals surface area contributed by atoms with Gasteiger partial charge < -0.3 is 9.84 Å². The maximum atomic E-state index is 10.0. The van der Waals surface area contributed by atoms with Crippen LogP contribution in [-0.2, 0) is 0 Å². The Morgan fingerprint density at radius 3 is 2.27 bits per heavy atom. The number of ether oxygens (including phenoxy) is 1. The summed E-state index contributed by atoms with van der Waals surface area (Å²) in [7, 11) is 1.72. The number of rotatable bonds is 3. The van der Waals surface area contributed by atoms with Gasteiger partial charge in [0.05, 0.1) is 12.7 Å². The molecule has 3 rings (SSSR count). The smallest absolute Gasteiger partial charge is 0.118 e. The van der Waals surface area contributed by atoms with Crippen LogP contribution in [0.4, 0.5) is 0 Å². The number of hydrogen-bond acceptors (Lipinski definition) is 2. The Morgan fingerprint density at radius 2 is 1.73 bits per heavy atom. The molecule has 2 atom stereocenters. The lowest BCUT2D eigenvalue weighted by Gasteiger charge is -2.36. The Morgan fingerprint density at radius 1 is 1.05 bits per heavy atom. The van der Waals surface area contributed by atoms with E-state index in [1.54, 1.807) is 7.11 Å². The van der Waals surface area contributed by atoms with Crippen molar-refractivity contribution in [3.05, 3.63) is 42.0 Å². The Kier molecular flexibility index (Phi) is 4.58. The summed E-state index contributed by atoms with van der Waals surface area (Å²) < 4.78 is 5.24. The van der Waals surface area contributed by atoms with Crippen molar-refractivity contribution in [3.63, 3.8) is 0 Å². The average Bonchev–Trinajstić information content (AvgIpc) is 2.55. The van der Waals surface area contributed by atoms with Crippen LogP contribution in [0.5, 0.6) is 5.75 Å². The molecule has 0 bridgehead atoms. The summed E-state index contributed by atoms with van der Waals surface area (Å²) in [4.78, 5) is 0. The first-order valence-electron chi connectivity index (χ1n) is 8.63. The minimum atomic E-state index is -0.573. The number of aliphatic hydroxyl groups is 1. The van der Waals surface area contributed by atoms with E-state index in [1.807, 2.05) is 13.0 Å². The maximum Gasteiger partial charge on any atom is 0.118 e. The molecule has 2 nitrogen and oxygen atoms in total. The van der Waals surface area contributed by atoms with Crippen molar-refractivity contribution in [1.82, 2.24) is 0 Å². The summed E-state index contributed by atoms with van der Waals surface area (Å²) in [5.41, 5.74) is 0.887. The average molecular weight is 300 g/mol. The highest BCUT2D eigenvalue weighted by Crippen LogP contribution is 2.42. The zero-order valence-electron chi connectivity index (χ0n) is 13.8. The van der Waals surface area contributed by atoms with E-state index in [4.69, 9.17) is 4.74 Å². The normalized spacial score (nSPS) is 35.3. The summed E-state index contributed by atoms with van der Waals surface area (Å²) in [5.74, 6) is 3.13. The molecule has 120 valence electrons. The van der Waals surface area contributed by atoms with Crippen LogP contribution in [0.1, 0.15) is 56.9 Å². The predicted molar refractivity (Wildman–Crippen MR) is 90.2 cm³/mol. The summed E-state index contributed by atoms with van der Waals surface area (Å²) in [5, 5.41) is 10.0. The molecule has 0 heterocycles. The van der Waals surface area contributed by atoms with Gasteiger partial charge in [-0.1, -0.05) is 24.3 Å². The van der Waals surface area contributed by atoms with E-state index in [0.29, 0.717) is 11.8 Å². The molecule has 1 N–H and O–H groups in total. The molecule has 1 fully saturated rings. The molecule has 0 aromatic heterocycles. The van der Waals surface area contributed by atoms with Gasteiger partial charge in [0.2, 0.25) is 0 Å². The zero-order valence-corrected chi connectivity index (χ0v) is 13.8. The fourth-order valence-electron chi connectivity index (χ4n) is 4.12. The minimum absolute atomic E-state index is 0.573. The molecule has 0 amide bonds. The topological polar surface area (TPSA) is 29.5 Å². The van der Waals surface area contributed by atoms with Crippen LogP contribution in [0.15, 0.2) is 36.4 Å². The van der Waals surface area contributed by atoms with Gasteiger partial charge >= 0.3 is 0 Å². The van der Waals surface area contributed by atoms with Crippen LogP contribution < -0.4 is 4.74 Å². The Balaban J connectivity index is 1.56. The number of methoxy groups -OCH3 is 1. The van der Waals surface area contributed by atoms with E-state index in [9.17, 15) is 5.11 Å². The van der Waals surface area contributed by atoms with E-state index in [2.05, 4.69) is 30.3 Å². The van der Waals surface area contributed by atoms with Crippen molar-refractivity contribution >= 4 is 0 Å². The van der Waals surface area contributed by atoms with E-state index in [1.165, 1.54) is 31.2 Å². The van der Waals surface area contributed by atoms with E-state index in [-0.39, 0.29) is 0 Å². The van der Waals surface area contributed by atoms with Gasteiger partial charge in [-0.2, -0.15) is 0 Å². The molecule has 1 aromatic carbocycles. The highest BCUT2D eigenvalue weighted by molar-refractivity contribution is 5.29. The first-order chi connectivity index (χ1) is 10.6. The van der Waals surface area contributed by atoms with Crippen molar-refractivity contribution in [1.29, 1.82) is 0 Å². The highest BCUT2D eigenvalue weighted by Gasteiger charge is 2.31. The summed E-state index contributed by atoms with van der Waals surface area (Å²) in [6, 6.07) is 8.60. The third kappa shape index (κ3) is 3.55. The van der Waals surface area contributed by atoms with E-state index >= 15 is 0 Å².